The quantitative estimate of drug-likeness (QED) is 0.600. The molecule has 4 heterocycles. The van der Waals surface area contributed by atoms with Gasteiger partial charge in [-0.3, -0.25) is 14.6 Å². The summed E-state index contributed by atoms with van der Waals surface area (Å²) in [5.74, 6) is 0.459. The number of hydrogen-bond acceptors (Lipinski definition) is 5. The monoisotopic (exact) mass is 448 g/mol. The summed E-state index contributed by atoms with van der Waals surface area (Å²) in [6.07, 6.45) is 5.36. The van der Waals surface area contributed by atoms with Crippen LogP contribution < -0.4 is 5.32 Å². The van der Waals surface area contributed by atoms with Gasteiger partial charge in [-0.1, -0.05) is 13.8 Å². The van der Waals surface area contributed by atoms with Crippen LogP contribution in [0.5, 0.6) is 0 Å². The summed E-state index contributed by atoms with van der Waals surface area (Å²) < 4.78 is 1.89. The molecule has 3 aromatic rings. The molecule has 4 rings (SSSR count). The molecule has 0 bridgehead atoms. The van der Waals surface area contributed by atoms with Crippen molar-refractivity contribution in [3.8, 4) is 0 Å². The molecule has 0 saturated carbocycles. The zero-order chi connectivity index (χ0) is 23.5. The second-order valence-corrected chi connectivity index (χ2v) is 9.16. The van der Waals surface area contributed by atoms with E-state index in [0.717, 1.165) is 46.8 Å². The van der Waals surface area contributed by atoms with Gasteiger partial charge in [-0.05, 0) is 49.9 Å². The molecule has 0 radical (unpaired) electrons. The molecule has 0 aromatic carbocycles. The average molecular weight is 449 g/mol. The van der Waals surface area contributed by atoms with Crippen molar-refractivity contribution in [2.45, 2.75) is 59.4 Å². The van der Waals surface area contributed by atoms with Crippen LogP contribution in [0.1, 0.15) is 60.8 Å². The Balaban J connectivity index is 1.43. The van der Waals surface area contributed by atoms with Crippen molar-refractivity contribution in [3.63, 3.8) is 0 Å². The lowest BCUT2D eigenvalue weighted by atomic mass is 10.1. The fourth-order valence-corrected chi connectivity index (χ4v) is 4.50. The molecule has 0 unspecified atom stereocenters. The van der Waals surface area contributed by atoms with Gasteiger partial charge in [0, 0.05) is 67.7 Å². The number of fused-ring (bicyclic) bond motifs is 1. The first-order chi connectivity index (χ1) is 15.8. The number of nitrogens with zero attached hydrogens (tertiary/aromatic N) is 5. The third-order valence-corrected chi connectivity index (χ3v) is 6.44. The topological polar surface area (TPSA) is 92.5 Å². The maximum Gasteiger partial charge on any atom is 0.225 e. The number of aromatic nitrogens is 4. The molecule has 1 saturated heterocycles. The molecule has 33 heavy (non-hydrogen) atoms. The first-order valence-electron chi connectivity index (χ1n) is 11.6. The Labute approximate surface area is 194 Å². The van der Waals surface area contributed by atoms with Crippen LogP contribution in [0.15, 0.2) is 30.6 Å². The van der Waals surface area contributed by atoms with Gasteiger partial charge in [0.15, 0.2) is 5.65 Å². The van der Waals surface area contributed by atoms with Gasteiger partial charge in [0.25, 0.3) is 0 Å². The van der Waals surface area contributed by atoms with Crippen molar-refractivity contribution in [1.82, 2.24) is 29.8 Å². The Morgan fingerprint density at radius 2 is 1.97 bits per heavy atom. The van der Waals surface area contributed by atoms with Gasteiger partial charge in [-0.25, -0.2) is 9.50 Å². The van der Waals surface area contributed by atoms with Crippen LogP contribution in [0.25, 0.3) is 5.65 Å². The maximum atomic E-state index is 12.4. The van der Waals surface area contributed by atoms with Gasteiger partial charge >= 0.3 is 0 Å². The van der Waals surface area contributed by atoms with E-state index in [9.17, 15) is 9.59 Å². The third kappa shape index (κ3) is 5.05. The Hall–Kier alpha value is -3.29. The van der Waals surface area contributed by atoms with Gasteiger partial charge in [0.2, 0.25) is 11.8 Å². The molecule has 8 heteroatoms. The minimum atomic E-state index is 0.00716. The third-order valence-electron chi connectivity index (χ3n) is 6.44. The van der Waals surface area contributed by atoms with E-state index in [2.05, 4.69) is 10.3 Å². The minimum absolute atomic E-state index is 0.00716. The zero-order valence-corrected chi connectivity index (χ0v) is 19.8. The van der Waals surface area contributed by atoms with Gasteiger partial charge in [0.05, 0.1) is 5.69 Å². The second-order valence-electron chi connectivity index (χ2n) is 9.16. The van der Waals surface area contributed by atoms with Gasteiger partial charge in [0.1, 0.15) is 0 Å². The van der Waals surface area contributed by atoms with E-state index in [-0.39, 0.29) is 23.7 Å². The van der Waals surface area contributed by atoms with E-state index in [4.69, 9.17) is 10.1 Å². The molecule has 8 nitrogen and oxygen atoms in total. The van der Waals surface area contributed by atoms with Crippen LogP contribution in [-0.2, 0) is 22.6 Å². The molecule has 1 aliphatic heterocycles. The lowest BCUT2D eigenvalue weighted by Crippen LogP contribution is -2.32. The van der Waals surface area contributed by atoms with E-state index in [1.54, 1.807) is 12.4 Å². The Bertz CT molecular complexity index is 1150. The Morgan fingerprint density at radius 3 is 2.70 bits per heavy atom. The number of nitrogens with one attached hydrogen (secondary N) is 1. The molecule has 3 aromatic heterocycles. The molecule has 1 aliphatic rings. The summed E-state index contributed by atoms with van der Waals surface area (Å²) in [4.78, 5) is 35.4. The van der Waals surface area contributed by atoms with Crippen molar-refractivity contribution in [1.29, 1.82) is 0 Å². The van der Waals surface area contributed by atoms with E-state index < -0.39 is 0 Å². The molecule has 1 N–H and O–H groups in total. The highest BCUT2D eigenvalue weighted by Gasteiger charge is 2.30. The lowest BCUT2D eigenvalue weighted by molar-refractivity contribution is -0.133. The first-order valence-corrected chi connectivity index (χ1v) is 11.6. The van der Waals surface area contributed by atoms with Crippen LogP contribution >= 0.6 is 0 Å². The van der Waals surface area contributed by atoms with Crippen molar-refractivity contribution < 1.29 is 9.59 Å². The molecular formula is C25H32N6O2. The normalized spacial score (nSPS) is 16.0. The molecule has 0 spiro atoms. The van der Waals surface area contributed by atoms with Crippen LogP contribution in [0.4, 0.5) is 0 Å². The van der Waals surface area contributed by atoms with E-state index in [0.29, 0.717) is 25.9 Å². The van der Waals surface area contributed by atoms with Crippen molar-refractivity contribution in [3.05, 3.63) is 58.8 Å². The molecule has 1 fully saturated rings. The summed E-state index contributed by atoms with van der Waals surface area (Å²) in [5, 5.41) is 7.81. The molecular weight excluding hydrogens is 416 g/mol. The Kier molecular flexibility index (Phi) is 6.72. The molecule has 0 aliphatic carbocycles. The highest BCUT2D eigenvalue weighted by atomic mass is 16.2. The van der Waals surface area contributed by atoms with Crippen molar-refractivity contribution in [2.75, 3.05) is 13.1 Å². The SMILES string of the molecule is Cc1nc2cc([C@H]3CCN(C(=O)C(C)C)C3)nn2c(C)c1CCC(=O)NCc1ccncc1. The van der Waals surface area contributed by atoms with Crippen LogP contribution in [0, 0.1) is 19.8 Å². The summed E-state index contributed by atoms with van der Waals surface area (Å²) in [7, 11) is 0. The summed E-state index contributed by atoms with van der Waals surface area (Å²) in [5.41, 5.74) is 5.82. The zero-order valence-electron chi connectivity index (χ0n) is 19.8. The van der Waals surface area contributed by atoms with Gasteiger partial charge in [-0.15, -0.1) is 0 Å². The number of carbonyl (C=O) groups excluding carboxylic acids is 2. The van der Waals surface area contributed by atoms with Gasteiger partial charge in [-0.2, -0.15) is 5.10 Å². The van der Waals surface area contributed by atoms with Gasteiger partial charge < -0.3 is 10.2 Å². The van der Waals surface area contributed by atoms with E-state index in [1.807, 2.05) is 55.3 Å². The number of hydrogen-bond donors (Lipinski definition) is 1. The predicted molar refractivity (Wildman–Crippen MR) is 126 cm³/mol. The lowest BCUT2D eigenvalue weighted by Gasteiger charge is -2.18. The van der Waals surface area contributed by atoms with E-state index >= 15 is 0 Å². The smallest absolute Gasteiger partial charge is 0.225 e. The number of aryl methyl sites for hydroxylation is 2. The van der Waals surface area contributed by atoms with Crippen molar-refractivity contribution in [2.24, 2.45) is 5.92 Å². The number of likely N-dealkylation sites (tertiary alicyclic amines) is 1. The number of carbonyl (C=O) groups is 2. The van der Waals surface area contributed by atoms with E-state index in [1.165, 1.54) is 0 Å². The first kappa shape index (κ1) is 22.9. The minimum Gasteiger partial charge on any atom is -0.352 e. The molecule has 174 valence electrons. The standard InChI is InChI=1S/C25H32N6O2/c1-16(2)25(33)30-12-9-20(15-30)22-13-23-28-17(3)21(18(4)31(23)29-22)5-6-24(32)27-14-19-7-10-26-11-8-19/h7-8,10-11,13,16,20H,5-6,9,12,14-15H2,1-4H3,(H,27,32)/t20-/m0/s1. The molecule has 2 amide bonds. The fourth-order valence-electron chi connectivity index (χ4n) is 4.50. The van der Waals surface area contributed by atoms with Crippen molar-refractivity contribution >= 4 is 17.5 Å². The highest BCUT2D eigenvalue weighted by molar-refractivity contribution is 5.78. The maximum absolute atomic E-state index is 12.4. The highest BCUT2D eigenvalue weighted by Crippen LogP contribution is 2.28. The number of amides is 2. The van der Waals surface area contributed by atoms with Crippen LogP contribution in [-0.4, -0.2) is 49.4 Å². The number of rotatable bonds is 7. The predicted octanol–water partition coefficient (Wildman–Crippen LogP) is 2.96. The average Bonchev–Trinajstić information content (AvgIpc) is 3.45. The Morgan fingerprint density at radius 1 is 1.21 bits per heavy atom. The van der Waals surface area contributed by atoms with Crippen LogP contribution in [0.3, 0.4) is 0 Å². The summed E-state index contributed by atoms with van der Waals surface area (Å²) in [6, 6.07) is 5.83. The van der Waals surface area contributed by atoms with Crippen LogP contribution in [0.2, 0.25) is 0 Å². The summed E-state index contributed by atoms with van der Waals surface area (Å²) in [6.45, 7) is 9.89. The molecule has 1 atom stereocenters. The number of pyridine rings is 1. The summed E-state index contributed by atoms with van der Waals surface area (Å²) >= 11 is 0. The fraction of sp³-hybridized carbons (Fsp3) is 0.480. The largest absolute Gasteiger partial charge is 0.352 e. The second kappa shape index (κ2) is 9.68.